The Kier molecular flexibility index (Phi) is 7.42. The van der Waals surface area contributed by atoms with Crippen LogP contribution in [0.25, 0.3) is 0 Å². The minimum absolute atomic E-state index is 0.112. The molecule has 1 amide bonds. The molecule has 0 saturated carbocycles. The van der Waals surface area contributed by atoms with Gasteiger partial charge in [-0.25, -0.2) is 8.42 Å². The van der Waals surface area contributed by atoms with E-state index in [2.05, 4.69) is 29.4 Å². The SMILES string of the molecule is CC(C)CSc1nnc(NC(=O)CCCN(c2ccc3c(c2)OCO3)S(C)(=O)=O)s1. The molecular formula is C18H24N4O5S3. The van der Waals surface area contributed by atoms with Crippen molar-refractivity contribution >= 4 is 49.8 Å². The van der Waals surface area contributed by atoms with Gasteiger partial charge in [0.2, 0.25) is 27.9 Å². The highest BCUT2D eigenvalue weighted by atomic mass is 32.2. The number of fused-ring (bicyclic) bond motifs is 1. The van der Waals surface area contributed by atoms with Crippen LogP contribution in [0.1, 0.15) is 26.7 Å². The lowest BCUT2D eigenvalue weighted by Crippen LogP contribution is -2.31. The van der Waals surface area contributed by atoms with Gasteiger partial charge in [0.15, 0.2) is 15.8 Å². The van der Waals surface area contributed by atoms with Gasteiger partial charge in [-0.2, -0.15) is 0 Å². The molecule has 2 heterocycles. The van der Waals surface area contributed by atoms with Crippen LogP contribution in [0.4, 0.5) is 10.8 Å². The number of anilines is 2. The van der Waals surface area contributed by atoms with Gasteiger partial charge in [-0.1, -0.05) is 36.9 Å². The topological polar surface area (TPSA) is 111 Å². The average molecular weight is 473 g/mol. The van der Waals surface area contributed by atoms with Gasteiger partial charge in [-0.3, -0.25) is 9.10 Å². The van der Waals surface area contributed by atoms with Gasteiger partial charge < -0.3 is 14.8 Å². The van der Waals surface area contributed by atoms with Crippen LogP contribution < -0.4 is 19.1 Å². The summed E-state index contributed by atoms with van der Waals surface area (Å²) < 4.78 is 37.1. The molecule has 2 aromatic rings. The first-order chi connectivity index (χ1) is 14.2. The fourth-order valence-corrected chi connectivity index (χ4v) is 5.35. The molecule has 0 spiro atoms. The summed E-state index contributed by atoms with van der Waals surface area (Å²) in [6.45, 7) is 4.53. The van der Waals surface area contributed by atoms with Crippen molar-refractivity contribution < 1.29 is 22.7 Å². The zero-order chi connectivity index (χ0) is 21.7. The number of hydrogen-bond donors (Lipinski definition) is 1. The van der Waals surface area contributed by atoms with Gasteiger partial charge in [0.25, 0.3) is 0 Å². The molecule has 0 aliphatic carbocycles. The Morgan fingerprint density at radius 2 is 2.07 bits per heavy atom. The van der Waals surface area contributed by atoms with Crippen LogP contribution in [0, 0.1) is 5.92 Å². The molecule has 1 aliphatic rings. The number of rotatable bonds is 10. The van der Waals surface area contributed by atoms with E-state index in [1.54, 1.807) is 30.0 Å². The number of carbonyl (C=O) groups is 1. The van der Waals surface area contributed by atoms with Crippen LogP contribution in [0.15, 0.2) is 22.5 Å². The maximum absolute atomic E-state index is 12.2. The molecule has 1 aromatic carbocycles. The zero-order valence-electron chi connectivity index (χ0n) is 17.0. The Bertz CT molecular complexity index is 993. The maximum Gasteiger partial charge on any atom is 0.232 e. The van der Waals surface area contributed by atoms with Gasteiger partial charge in [0.05, 0.1) is 11.9 Å². The van der Waals surface area contributed by atoms with Crippen LogP contribution in [0.5, 0.6) is 11.5 Å². The number of thioether (sulfide) groups is 1. The van der Waals surface area contributed by atoms with Crippen LogP contribution in [0.3, 0.4) is 0 Å². The normalized spacial score (nSPS) is 12.9. The average Bonchev–Trinajstić information content (AvgIpc) is 3.31. The molecule has 0 unspecified atom stereocenters. The van der Waals surface area contributed by atoms with Gasteiger partial charge in [0.1, 0.15) is 0 Å². The van der Waals surface area contributed by atoms with E-state index >= 15 is 0 Å². The van der Waals surface area contributed by atoms with E-state index in [0.29, 0.717) is 34.7 Å². The molecule has 30 heavy (non-hydrogen) atoms. The second-order valence-corrected chi connectivity index (χ2v) is 11.3. The molecule has 1 N–H and O–H groups in total. The van der Waals surface area contributed by atoms with Gasteiger partial charge in [-0.15, -0.1) is 10.2 Å². The van der Waals surface area contributed by atoms with E-state index in [1.807, 2.05) is 0 Å². The van der Waals surface area contributed by atoms with E-state index in [9.17, 15) is 13.2 Å². The Morgan fingerprint density at radius 3 is 2.80 bits per heavy atom. The number of carbonyl (C=O) groups excluding carboxylic acids is 1. The third kappa shape index (κ3) is 6.22. The van der Waals surface area contributed by atoms with Crippen molar-refractivity contribution in [2.24, 2.45) is 5.92 Å². The van der Waals surface area contributed by atoms with Crippen LogP contribution in [-0.2, 0) is 14.8 Å². The van der Waals surface area contributed by atoms with E-state index in [0.717, 1.165) is 16.3 Å². The third-order valence-corrected chi connectivity index (χ3v) is 7.60. The van der Waals surface area contributed by atoms with E-state index in [-0.39, 0.29) is 25.7 Å². The number of amides is 1. The summed E-state index contributed by atoms with van der Waals surface area (Å²) in [7, 11) is -3.52. The summed E-state index contributed by atoms with van der Waals surface area (Å²) in [6, 6.07) is 4.96. The van der Waals surface area contributed by atoms with Crippen molar-refractivity contribution in [1.29, 1.82) is 0 Å². The van der Waals surface area contributed by atoms with Crippen molar-refractivity contribution in [2.45, 2.75) is 31.0 Å². The summed E-state index contributed by atoms with van der Waals surface area (Å²) in [5.41, 5.74) is 0.470. The monoisotopic (exact) mass is 472 g/mol. The Balaban J connectivity index is 1.53. The number of sulfonamides is 1. The van der Waals surface area contributed by atoms with E-state index < -0.39 is 10.0 Å². The first-order valence-corrected chi connectivity index (χ1v) is 13.0. The van der Waals surface area contributed by atoms with E-state index in [1.165, 1.54) is 15.6 Å². The second-order valence-electron chi connectivity index (χ2n) is 7.10. The lowest BCUT2D eigenvalue weighted by Gasteiger charge is -2.22. The summed E-state index contributed by atoms with van der Waals surface area (Å²) in [6.07, 6.45) is 1.64. The highest BCUT2D eigenvalue weighted by molar-refractivity contribution is 8.01. The van der Waals surface area contributed by atoms with Crippen molar-refractivity contribution in [3.8, 4) is 11.5 Å². The second kappa shape index (κ2) is 9.84. The number of benzene rings is 1. The number of hydrogen-bond acceptors (Lipinski definition) is 9. The molecule has 0 fully saturated rings. The van der Waals surface area contributed by atoms with Crippen LogP contribution in [-0.4, -0.2) is 49.9 Å². The van der Waals surface area contributed by atoms with Gasteiger partial charge in [0, 0.05) is 24.8 Å². The minimum Gasteiger partial charge on any atom is -0.454 e. The van der Waals surface area contributed by atoms with Gasteiger partial charge >= 0.3 is 0 Å². The van der Waals surface area contributed by atoms with Crippen molar-refractivity contribution in [3.05, 3.63) is 18.2 Å². The lowest BCUT2D eigenvalue weighted by molar-refractivity contribution is -0.116. The van der Waals surface area contributed by atoms with Crippen LogP contribution in [0.2, 0.25) is 0 Å². The minimum atomic E-state index is -3.52. The number of ether oxygens (including phenoxy) is 2. The van der Waals surface area contributed by atoms with Gasteiger partial charge in [-0.05, 0) is 24.5 Å². The largest absolute Gasteiger partial charge is 0.454 e. The predicted octanol–water partition coefficient (Wildman–Crippen LogP) is 3.20. The molecular weight excluding hydrogens is 448 g/mol. The first-order valence-electron chi connectivity index (χ1n) is 9.36. The van der Waals surface area contributed by atoms with Crippen LogP contribution >= 0.6 is 23.1 Å². The number of nitrogens with zero attached hydrogens (tertiary/aromatic N) is 3. The number of aromatic nitrogens is 2. The molecule has 0 radical (unpaired) electrons. The number of nitrogens with one attached hydrogen (secondary N) is 1. The Morgan fingerprint density at radius 1 is 1.30 bits per heavy atom. The molecule has 1 aliphatic heterocycles. The fourth-order valence-electron chi connectivity index (χ4n) is 2.65. The summed E-state index contributed by atoms with van der Waals surface area (Å²) in [5.74, 6) is 2.32. The highest BCUT2D eigenvalue weighted by Gasteiger charge is 2.21. The molecule has 0 bridgehead atoms. The maximum atomic E-state index is 12.2. The third-order valence-electron chi connectivity index (χ3n) is 4.00. The predicted molar refractivity (Wildman–Crippen MR) is 118 cm³/mol. The molecule has 1 aromatic heterocycles. The summed E-state index contributed by atoms with van der Waals surface area (Å²) in [4.78, 5) is 12.2. The Labute approximate surface area is 184 Å². The summed E-state index contributed by atoms with van der Waals surface area (Å²) >= 11 is 2.94. The smallest absolute Gasteiger partial charge is 0.232 e. The molecule has 9 nitrogen and oxygen atoms in total. The Hall–Kier alpha value is -2.05. The molecule has 0 atom stereocenters. The molecule has 164 valence electrons. The summed E-state index contributed by atoms with van der Waals surface area (Å²) in [5, 5.41) is 11.2. The van der Waals surface area contributed by atoms with Crippen molar-refractivity contribution in [3.63, 3.8) is 0 Å². The first kappa shape index (κ1) is 22.6. The quantitative estimate of drug-likeness (QED) is 0.415. The standard InChI is InChI=1S/C18H24N4O5S3/c1-12(2)10-28-18-21-20-17(29-18)19-16(23)5-4-8-22(30(3,24)25)13-6-7-14-15(9-13)27-11-26-14/h6-7,9,12H,4-5,8,10-11H2,1-3H3,(H,19,20,23). The van der Waals surface area contributed by atoms with Crippen molar-refractivity contribution in [1.82, 2.24) is 10.2 Å². The molecule has 0 saturated heterocycles. The molecule has 12 heteroatoms. The lowest BCUT2D eigenvalue weighted by atomic mass is 10.2. The van der Waals surface area contributed by atoms with E-state index in [4.69, 9.17) is 9.47 Å². The fraction of sp³-hybridized carbons (Fsp3) is 0.500. The highest BCUT2D eigenvalue weighted by Crippen LogP contribution is 2.36. The zero-order valence-corrected chi connectivity index (χ0v) is 19.4. The van der Waals surface area contributed by atoms with Crippen molar-refractivity contribution in [2.75, 3.05) is 35.0 Å². The molecule has 3 rings (SSSR count).